The number of alkyl halides is 3. The summed E-state index contributed by atoms with van der Waals surface area (Å²) in [5.74, 6) is 0.929. The van der Waals surface area contributed by atoms with Crippen LogP contribution in [0.2, 0.25) is 0 Å². The van der Waals surface area contributed by atoms with E-state index < -0.39 is 3.79 Å². The van der Waals surface area contributed by atoms with Crippen molar-refractivity contribution in [3.05, 3.63) is 5.82 Å². The molecule has 1 rings (SSSR count). The smallest absolute Gasteiger partial charge is 0.250 e. The first-order valence-electron chi connectivity index (χ1n) is 5.78. The van der Waals surface area contributed by atoms with Gasteiger partial charge < -0.3 is 10.6 Å². The number of hydrogen-bond donors (Lipinski definition) is 2. The van der Waals surface area contributed by atoms with Crippen LogP contribution in [0, 0.1) is 0 Å². The van der Waals surface area contributed by atoms with Gasteiger partial charge in [-0.05, 0) is 12.8 Å². The molecule has 8 heteroatoms. The van der Waals surface area contributed by atoms with E-state index >= 15 is 0 Å². The Bertz CT molecular complexity index is 354. The van der Waals surface area contributed by atoms with Gasteiger partial charge in [-0.3, -0.25) is 0 Å². The van der Waals surface area contributed by atoms with Crippen molar-refractivity contribution in [1.29, 1.82) is 0 Å². The molecule has 0 unspecified atom stereocenters. The first-order chi connectivity index (χ1) is 8.47. The minimum atomic E-state index is -1.66. The van der Waals surface area contributed by atoms with Crippen LogP contribution in [-0.2, 0) is 3.79 Å². The highest BCUT2D eigenvalue weighted by Crippen LogP contribution is 2.36. The van der Waals surface area contributed by atoms with Gasteiger partial charge in [-0.25, -0.2) is 0 Å². The molecule has 2 N–H and O–H groups in total. The predicted molar refractivity (Wildman–Crippen MR) is 76.6 cm³/mol. The largest absolute Gasteiger partial charge is 0.354 e. The molecule has 0 saturated heterocycles. The highest BCUT2D eigenvalue weighted by molar-refractivity contribution is 6.66. The lowest BCUT2D eigenvalue weighted by atomic mass is 10.5. The zero-order valence-electron chi connectivity index (χ0n) is 10.3. The molecule has 1 aromatic heterocycles. The average Bonchev–Trinajstić information content (AvgIpc) is 2.32. The Morgan fingerprint density at radius 1 is 0.889 bits per heavy atom. The third-order valence-corrected chi connectivity index (χ3v) is 2.46. The molecule has 18 heavy (non-hydrogen) atoms. The van der Waals surface area contributed by atoms with Crippen LogP contribution in [0.15, 0.2) is 0 Å². The quantitative estimate of drug-likeness (QED) is 0.789. The fourth-order valence-electron chi connectivity index (χ4n) is 1.13. The lowest BCUT2D eigenvalue weighted by Crippen LogP contribution is -2.16. The van der Waals surface area contributed by atoms with Crippen molar-refractivity contribution < 1.29 is 0 Å². The van der Waals surface area contributed by atoms with Gasteiger partial charge in [0.1, 0.15) is 0 Å². The van der Waals surface area contributed by atoms with E-state index in [1.807, 2.05) is 13.8 Å². The van der Waals surface area contributed by atoms with E-state index in [0.717, 1.165) is 25.9 Å². The Hall–Kier alpha value is -0.520. The van der Waals surface area contributed by atoms with Crippen LogP contribution in [0.4, 0.5) is 11.9 Å². The van der Waals surface area contributed by atoms with E-state index in [2.05, 4.69) is 25.6 Å². The number of nitrogens with zero attached hydrogens (tertiary/aromatic N) is 3. The second kappa shape index (κ2) is 7.16. The number of anilines is 2. The molecule has 0 fully saturated rings. The van der Waals surface area contributed by atoms with E-state index in [4.69, 9.17) is 34.8 Å². The fourth-order valence-corrected chi connectivity index (χ4v) is 1.39. The zero-order chi connectivity index (χ0) is 13.6. The van der Waals surface area contributed by atoms with Crippen LogP contribution in [0.5, 0.6) is 0 Å². The molecule has 0 atom stereocenters. The summed E-state index contributed by atoms with van der Waals surface area (Å²) >= 11 is 17.4. The third kappa shape index (κ3) is 5.00. The van der Waals surface area contributed by atoms with Crippen LogP contribution < -0.4 is 10.6 Å². The molecule has 0 radical (unpaired) electrons. The molecule has 0 bridgehead atoms. The van der Waals surface area contributed by atoms with Gasteiger partial charge in [-0.1, -0.05) is 48.7 Å². The number of hydrogen-bond acceptors (Lipinski definition) is 5. The molecule has 0 aliphatic heterocycles. The second-order valence-electron chi connectivity index (χ2n) is 3.66. The molecule has 0 aliphatic rings. The maximum Gasteiger partial charge on any atom is 0.250 e. The van der Waals surface area contributed by atoms with E-state index in [1.165, 1.54) is 0 Å². The summed E-state index contributed by atoms with van der Waals surface area (Å²) in [5.41, 5.74) is 0. The monoisotopic (exact) mass is 311 g/mol. The molecule has 0 spiro atoms. The summed E-state index contributed by atoms with van der Waals surface area (Å²) in [6.45, 7) is 5.58. The Morgan fingerprint density at radius 3 is 1.67 bits per heavy atom. The summed E-state index contributed by atoms with van der Waals surface area (Å²) in [6, 6.07) is 0. The van der Waals surface area contributed by atoms with Crippen molar-refractivity contribution >= 4 is 46.7 Å². The highest BCUT2D eigenvalue weighted by Gasteiger charge is 2.28. The number of nitrogens with one attached hydrogen (secondary N) is 2. The van der Waals surface area contributed by atoms with Gasteiger partial charge in [-0.15, -0.1) is 0 Å². The van der Waals surface area contributed by atoms with Crippen LogP contribution in [-0.4, -0.2) is 28.0 Å². The zero-order valence-corrected chi connectivity index (χ0v) is 12.6. The van der Waals surface area contributed by atoms with Gasteiger partial charge in [0.05, 0.1) is 0 Å². The Kier molecular flexibility index (Phi) is 6.18. The van der Waals surface area contributed by atoms with Gasteiger partial charge in [0.25, 0.3) is 0 Å². The Morgan fingerprint density at radius 2 is 1.33 bits per heavy atom. The first kappa shape index (κ1) is 15.5. The highest BCUT2D eigenvalue weighted by atomic mass is 35.6. The van der Waals surface area contributed by atoms with Crippen LogP contribution in [0.25, 0.3) is 0 Å². The van der Waals surface area contributed by atoms with Gasteiger partial charge >= 0.3 is 0 Å². The van der Waals surface area contributed by atoms with Crippen molar-refractivity contribution in [2.45, 2.75) is 30.5 Å². The summed E-state index contributed by atoms with van der Waals surface area (Å²) in [7, 11) is 0. The SMILES string of the molecule is CCCNc1nc(NCCC)nc(C(Cl)(Cl)Cl)n1. The van der Waals surface area contributed by atoms with Crippen molar-refractivity contribution in [3.8, 4) is 0 Å². The maximum atomic E-state index is 5.79. The molecular formula is C10H16Cl3N5. The van der Waals surface area contributed by atoms with Gasteiger partial charge in [0.15, 0.2) is 5.82 Å². The van der Waals surface area contributed by atoms with E-state index in [-0.39, 0.29) is 5.82 Å². The van der Waals surface area contributed by atoms with E-state index in [9.17, 15) is 0 Å². The summed E-state index contributed by atoms with van der Waals surface area (Å²) in [4.78, 5) is 12.4. The van der Waals surface area contributed by atoms with Crippen molar-refractivity contribution in [2.24, 2.45) is 0 Å². The molecule has 0 aliphatic carbocycles. The Labute approximate surface area is 122 Å². The summed E-state index contributed by atoms with van der Waals surface area (Å²) in [6.07, 6.45) is 1.90. The minimum Gasteiger partial charge on any atom is -0.354 e. The second-order valence-corrected chi connectivity index (χ2v) is 5.94. The van der Waals surface area contributed by atoms with Gasteiger partial charge in [-0.2, -0.15) is 15.0 Å². The van der Waals surface area contributed by atoms with Crippen LogP contribution >= 0.6 is 34.8 Å². The van der Waals surface area contributed by atoms with Crippen molar-refractivity contribution in [2.75, 3.05) is 23.7 Å². The molecule has 0 aromatic carbocycles. The maximum absolute atomic E-state index is 5.79. The topological polar surface area (TPSA) is 62.7 Å². The molecule has 5 nitrogen and oxygen atoms in total. The number of rotatable bonds is 6. The standard InChI is InChI=1S/C10H16Cl3N5/c1-3-5-14-8-16-7(10(11,12)13)17-9(18-8)15-6-4-2/h3-6H2,1-2H3,(H2,14,15,16,17,18). The van der Waals surface area contributed by atoms with Crippen molar-refractivity contribution in [1.82, 2.24) is 15.0 Å². The number of halogens is 3. The van der Waals surface area contributed by atoms with Crippen LogP contribution in [0.3, 0.4) is 0 Å². The number of aromatic nitrogens is 3. The first-order valence-corrected chi connectivity index (χ1v) is 6.91. The third-order valence-electron chi connectivity index (χ3n) is 1.96. The summed E-state index contributed by atoms with van der Waals surface area (Å²) in [5, 5.41) is 6.09. The average molecular weight is 313 g/mol. The molecule has 0 saturated carbocycles. The lowest BCUT2D eigenvalue weighted by molar-refractivity contribution is 0.875. The summed E-state index contributed by atoms with van der Waals surface area (Å²) < 4.78 is -1.66. The molecular weight excluding hydrogens is 297 g/mol. The van der Waals surface area contributed by atoms with E-state index in [0.29, 0.717) is 11.9 Å². The molecule has 1 aromatic rings. The van der Waals surface area contributed by atoms with Gasteiger partial charge in [0.2, 0.25) is 15.7 Å². The molecule has 1 heterocycles. The predicted octanol–water partition coefficient (Wildman–Crippen LogP) is 3.34. The minimum absolute atomic E-state index is 0.111. The van der Waals surface area contributed by atoms with Crippen LogP contribution in [0.1, 0.15) is 32.5 Å². The Balaban J connectivity index is 2.96. The lowest BCUT2D eigenvalue weighted by Gasteiger charge is -2.13. The molecule has 0 amide bonds. The fraction of sp³-hybridized carbons (Fsp3) is 0.700. The van der Waals surface area contributed by atoms with E-state index in [1.54, 1.807) is 0 Å². The normalized spacial score (nSPS) is 11.4. The van der Waals surface area contributed by atoms with Crippen molar-refractivity contribution in [3.63, 3.8) is 0 Å². The molecule has 102 valence electrons. The van der Waals surface area contributed by atoms with Gasteiger partial charge in [0, 0.05) is 13.1 Å².